The van der Waals surface area contributed by atoms with E-state index in [9.17, 15) is 0 Å². The quantitative estimate of drug-likeness (QED) is 0.725. The number of amidine groups is 1. The monoisotopic (exact) mass is 216 g/mol. The van der Waals surface area contributed by atoms with Crippen LogP contribution < -0.4 is 5.32 Å². The Labute approximate surface area is 88.3 Å². The molecule has 0 bridgehead atoms. The molecule has 2 saturated heterocycles. The minimum atomic E-state index is 0.582. The smallest absolute Gasteiger partial charge is 0.157 e. The molecule has 2 rings (SSSR count). The summed E-state index contributed by atoms with van der Waals surface area (Å²) < 4.78 is 0. The second-order valence-electron chi connectivity index (χ2n) is 3.66. The molecular formula is C9H16N2S2. The fourth-order valence-electron chi connectivity index (χ4n) is 1.56. The van der Waals surface area contributed by atoms with Gasteiger partial charge in [0, 0.05) is 17.5 Å². The van der Waals surface area contributed by atoms with Gasteiger partial charge in [0.2, 0.25) is 0 Å². The number of thioether (sulfide) groups is 2. The highest BCUT2D eigenvalue weighted by molar-refractivity contribution is 8.14. The average molecular weight is 216 g/mol. The molecule has 0 aliphatic carbocycles. The highest BCUT2D eigenvalue weighted by Gasteiger charge is 2.18. The highest BCUT2D eigenvalue weighted by atomic mass is 32.2. The van der Waals surface area contributed by atoms with Crippen LogP contribution in [0.3, 0.4) is 0 Å². The van der Waals surface area contributed by atoms with E-state index in [0.717, 1.165) is 0 Å². The molecule has 2 nitrogen and oxygen atoms in total. The van der Waals surface area contributed by atoms with Gasteiger partial charge in [-0.1, -0.05) is 11.8 Å². The van der Waals surface area contributed by atoms with Gasteiger partial charge in [-0.3, -0.25) is 4.99 Å². The Hall–Kier alpha value is 0.170. The molecule has 0 amide bonds. The third-order valence-electron chi connectivity index (χ3n) is 2.28. The Morgan fingerprint density at radius 2 is 2.38 bits per heavy atom. The van der Waals surface area contributed by atoms with Crippen molar-refractivity contribution < 1.29 is 0 Å². The Morgan fingerprint density at radius 1 is 1.46 bits per heavy atom. The van der Waals surface area contributed by atoms with Crippen LogP contribution in [0.2, 0.25) is 0 Å². The molecule has 4 heteroatoms. The summed E-state index contributed by atoms with van der Waals surface area (Å²) in [7, 11) is 0. The minimum absolute atomic E-state index is 0.582. The van der Waals surface area contributed by atoms with E-state index in [-0.39, 0.29) is 0 Å². The summed E-state index contributed by atoms with van der Waals surface area (Å²) in [5.74, 6) is 3.73. The first-order valence-electron chi connectivity index (χ1n) is 4.89. The molecular weight excluding hydrogens is 200 g/mol. The fraction of sp³-hybridized carbons (Fsp3) is 0.889. The highest BCUT2D eigenvalue weighted by Crippen LogP contribution is 2.22. The molecule has 2 unspecified atom stereocenters. The molecule has 0 aromatic heterocycles. The largest absolute Gasteiger partial charge is 0.362 e. The van der Waals surface area contributed by atoms with E-state index in [1.165, 1.54) is 35.3 Å². The van der Waals surface area contributed by atoms with Crippen LogP contribution in [-0.2, 0) is 0 Å². The van der Waals surface area contributed by atoms with E-state index < -0.39 is 0 Å². The molecule has 13 heavy (non-hydrogen) atoms. The predicted octanol–water partition coefficient (Wildman–Crippen LogP) is 1.96. The number of rotatable bonds is 1. The van der Waals surface area contributed by atoms with Crippen LogP contribution in [-0.4, -0.2) is 34.5 Å². The van der Waals surface area contributed by atoms with E-state index in [4.69, 9.17) is 4.99 Å². The van der Waals surface area contributed by atoms with Crippen LogP contribution in [0.4, 0.5) is 0 Å². The number of aliphatic imine (C=N–C) groups is 1. The zero-order valence-electron chi connectivity index (χ0n) is 7.95. The molecule has 0 aromatic rings. The van der Waals surface area contributed by atoms with Gasteiger partial charge < -0.3 is 5.32 Å². The summed E-state index contributed by atoms with van der Waals surface area (Å²) in [5, 5.41) is 4.59. The number of hydrogen-bond acceptors (Lipinski definition) is 3. The van der Waals surface area contributed by atoms with E-state index >= 15 is 0 Å². The van der Waals surface area contributed by atoms with Gasteiger partial charge in [0.1, 0.15) is 0 Å². The molecule has 0 spiro atoms. The SMILES string of the molecule is CC1CSC(=NC2CCCSC2)N1. The second-order valence-corrected chi connectivity index (χ2v) is 5.82. The number of nitrogens with one attached hydrogen (secondary N) is 1. The van der Waals surface area contributed by atoms with E-state index in [1.54, 1.807) is 0 Å². The fourth-order valence-corrected chi connectivity index (χ4v) is 3.61. The maximum Gasteiger partial charge on any atom is 0.157 e. The van der Waals surface area contributed by atoms with Gasteiger partial charge in [0.15, 0.2) is 5.17 Å². The van der Waals surface area contributed by atoms with Crippen molar-refractivity contribution in [3.8, 4) is 0 Å². The summed E-state index contributed by atoms with van der Waals surface area (Å²) in [6.45, 7) is 2.21. The molecule has 1 N–H and O–H groups in total. The summed E-state index contributed by atoms with van der Waals surface area (Å²) in [4.78, 5) is 4.73. The van der Waals surface area contributed by atoms with Gasteiger partial charge >= 0.3 is 0 Å². The third kappa shape index (κ3) is 2.81. The van der Waals surface area contributed by atoms with E-state index in [1.807, 2.05) is 23.5 Å². The first-order chi connectivity index (χ1) is 6.34. The van der Waals surface area contributed by atoms with Crippen molar-refractivity contribution in [1.82, 2.24) is 5.32 Å². The van der Waals surface area contributed by atoms with Crippen molar-refractivity contribution in [1.29, 1.82) is 0 Å². The van der Waals surface area contributed by atoms with Crippen molar-refractivity contribution in [2.24, 2.45) is 4.99 Å². The minimum Gasteiger partial charge on any atom is -0.362 e. The number of nitrogens with zero attached hydrogens (tertiary/aromatic N) is 1. The summed E-state index contributed by atoms with van der Waals surface area (Å²) >= 11 is 3.92. The summed E-state index contributed by atoms with van der Waals surface area (Å²) in [6, 6.07) is 1.19. The third-order valence-corrected chi connectivity index (χ3v) is 4.64. The van der Waals surface area contributed by atoms with Gasteiger partial charge in [-0.25, -0.2) is 0 Å². The van der Waals surface area contributed by atoms with Crippen molar-refractivity contribution in [3.05, 3.63) is 0 Å². The zero-order chi connectivity index (χ0) is 9.10. The first-order valence-corrected chi connectivity index (χ1v) is 7.03. The van der Waals surface area contributed by atoms with Gasteiger partial charge in [-0.2, -0.15) is 11.8 Å². The van der Waals surface area contributed by atoms with Gasteiger partial charge in [0.05, 0.1) is 6.04 Å². The van der Waals surface area contributed by atoms with Gasteiger partial charge in [-0.15, -0.1) is 0 Å². The van der Waals surface area contributed by atoms with Gasteiger partial charge in [-0.05, 0) is 25.5 Å². The van der Waals surface area contributed by atoms with Crippen LogP contribution in [0.25, 0.3) is 0 Å². The second kappa shape index (κ2) is 4.60. The van der Waals surface area contributed by atoms with Gasteiger partial charge in [0.25, 0.3) is 0 Å². The molecule has 2 aliphatic rings. The standard InChI is InChI=1S/C9H16N2S2/c1-7-5-13-9(10-7)11-8-3-2-4-12-6-8/h7-8H,2-6H2,1H3,(H,10,11). The van der Waals surface area contributed by atoms with Crippen molar-refractivity contribution in [2.75, 3.05) is 17.3 Å². The van der Waals surface area contributed by atoms with Crippen LogP contribution in [0.5, 0.6) is 0 Å². The van der Waals surface area contributed by atoms with E-state index in [0.29, 0.717) is 12.1 Å². The zero-order valence-corrected chi connectivity index (χ0v) is 9.59. The Bertz CT molecular complexity index is 200. The van der Waals surface area contributed by atoms with Crippen molar-refractivity contribution >= 4 is 28.7 Å². The van der Waals surface area contributed by atoms with Crippen LogP contribution >= 0.6 is 23.5 Å². The molecule has 2 atom stereocenters. The maximum absolute atomic E-state index is 4.73. The Kier molecular flexibility index (Phi) is 3.44. The molecule has 0 saturated carbocycles. The van der Waals surface area contributed by atoms with Crippen LogP contribution in [0, 0.1) is 0 Å². The molecule has 0 aromatic carbocycles. The van der Waals surface area contributed by atoms with Crippen LogP contribution in [0.15, 0.2) is 4.99 Å². The van der Waals surface area contributed by atoms with Crippen molar-refractivity contribution in [2.45, 2.75) is 31.8 Å². The maximum atomic E-state index is 4.73. The molecule has 0 radical (unpaired) electrons. The lowest BCUT2D eigenvalue weighted by Crippen LogP contribution is -2.25. The Morgan fingerprint density at radius 3 is 3.00 bits per heavy atom. The molecule has 74 valence electrons. The molecule has 2 heterocycles. The van der Waals surface area contributed by atoms with Crippen molar-refractivity contribution in [3.63, 3.8) is 0 Å². The lowest BCUT2D eigenvalue weighted by molar-refractivity contribution is 0.646. The normalized spacial score (nSPS) is 37.8. The number of hydrogen-bond donors (Lipinski definition) is 1. The average Bonchev–Trinajstić information content (AvgIpc) is 2.53. The van der Waals surface area contributed by atoms with E-state index in [2.05, 4.69) is 12.2 Å². The first kappa shape index (κ1) is 9.71. The molecule has 2 fully saturated rings. The Balaban J connectivity index is 1.87. The predicted molar refractivity (Wildman–Crippen MR) is 62.8 cm³/mol. The molecule has 2 aliphatic heterocycles. The lowest BCUT2D eigenvalue weighted by Gasteiger charge is -2.17. The summed E-state index contributed by atoms with van der Waals surface area (Å²) in [5.41, 5.74) is 0. The lowest BCUT2D eigenvalue weighted by atomic mass is 10.2. The van der Waals surface area contributed by atoms with Crippen LogP contribution in [0.1, 0.15) is 19.8 Å². The summed E-state index contributed by atoms with van der Waals surface area (Å²) in [6.07, 6.45) is 2.62. The topological polar surface area (TPSA) is 24.4 Å².